The lowest BCUT2D eigenvalue weighted by Gasteiger charge is -2.44. The summed E-state index contributed by atoms with van der Waals surface area (Å²) < 4.78 is 34.7. The number of ether oxygens (including phenoxy) is 6. The molecule has 1 fully saturated rings. The number of hydrogen-bond donors (Lipinski definition) is 2. The van der Waals surface area contributed by atoms with E-state index in [2.05, 4.69) is 5.32 Å². The van der Waals surface area contributed by atoms with E-state index in [0.717, 1.165) is 5.56 Å². The largest absolute Gasteiger partial charge is 0.452 e. The summed E-state index contributed by atoms with van der Waals surface area (Å²) in [6.07, 6.45) is -7.85. The Hall–Kier alpha value is -5.56. The highest BCUT2D eigenvalue weighted by atomic mass is 16.7. The zero-order chi connectivity index (χ0) is 34.4. The van der Waals surface area contributed by atoms with E-state index in [1.54, 1.807) is 54.6 Å². The van der Waals surface area contributed by atoms with Crippen LogP contribution in [0.15, 0.2) is 121 Å². The average Bonchev–Trinajstić information content (AvgIpc) is 3.15. The predicted molar refractivity (Wildman–Crippen MR) is 173 cm³/mol. The normalized spacial score (nSPS) is 20.0. The van der Waals surface area contributed by atoms with Crippen LogP contribution in [0.1, 0.15) is 36.6 Å². The van der Waals surface area contributed by atoms with Gasteiger partial charge in [-0.15, -0.1) is 0 Å². The Morgan fingerprint density at radius 3 is 1.55 bits per heavy atom. The molecule has 1 heterocycles. The molecule has 49 heavy (non-hydrogen) atoms. The number of carbonyl (C=O) groups is 4. The van der Waals surface area contributed by atoms with Crippen LogP contribution in [-0.4, -0.2) is 79.6 Å². The van der Waals surface area contributed by atoms with E-state index in [0.29, 0.717) is 0 Å². The molecule has 1 aliphatic heterocycles. The van der Waals surface area contributed by atoms with Gasteiger partial charge in [0.05, 0.1) is 29.9 Å². The first-order valence-electron chi connectivity index (χ1n) is 15.5. The lowest BCUT2D eigenvalue weighted by Crippen LogP contribution is -2.63. The fourth-order valence-electron chi connectivity index (χ4n) is 4.96. The van der Waals surface area contributed by atoms with Gasteiger partial charge in [0, 0.05) is 6.54 Å². The van der Waals surface area contributed by atoms with E-state index in [4.69, 9.17) is 28.4 Å². The van der Waals surface area contributed by atoms with Gasteiger partial charge < -0.3 is 38.8 Å². The minimum absolute atomic E-state index is 0.0441. The Morgan fingerprint density at radius 2 is 1.06 bits per heavy atom. The van der Waals surface area contributed by atoms with Gasteiger partial charge in [-0.1, -0.05) is 84.9 Å². The standard InChI is InChI=1S/C37H35NO11/c39-23-29-30(47-33(40)26-15-7-2-8-16-26)31(48-34(41)27-17-9-3-10-18-27)32(49-35(42)28-19-11-4-12-20-28)36(46-29)44-22-21-38-37(43)45-24-25-13-5-1-6-14-25/h1-20,29-32,36,39H,21-24H2,(H,38,43)/t29-,30-,31+,32+,36+/m1/s1. The second-order valence-electron chi connectivity index (χ2n) is 10.8. The lowest BCUT2D eigenvalue weighted by molar-refractivity contribution is -0.298. The molecule has 0 aromatic heterocycles. The quantitative estimate of drug-likeness (QED) is 0.119. The summed E-state index contributed by atoms with van der Waals surface area (Å²) in [7, 11) is 0. The van der Waals surface area contributed by atoms with Crippen LogP contribution in [0.4, 0.5) is 4.79 Å². The van der Waals surface area contributed by atoms with Gasteiger partial charge in [-0.2, -0.15) is 0 Å². The molecule has 5 rings (SSSR count). The lowest BCUT2D eigenvalue weighted by atomic mass is 9.97. The van der Waals surface area contributed by atoms with Crippen LogP contribution in [0.3, 0.4) is 0 Å². The minimum Gasteiger partial charge on any atom is -0.452 e. The van der Waals surface area contributed by atoms with E-state index < -0.39 is 61.3 Å². The van der Waals surface area contributed by atoms with Crippen molar-refractivity contribution >= 4 is 24.0 Å². The van der Waals surface area contributed by atoms with Crippen LogP contribution < -0.4 is 5.32 Å². The molecule has 4 aromatic carbocycles. The summed E-state index contributed by atoms with van der Waals surface area (Å²) in [6.45, 7) is -0.837. The fourth-order valence-corrected chi connectivity index (χ4v) is 4.96. The van der Waals surface area contributed by atoms with Crippen molar-refractivity contribution in [2.75, 3.05) is 19.8 Å². The molecule has 0 saturated carbocycles. The predicted octanol–water partition coefficient (Wildman–Crippen LogP) is 4.32. The van der Waals surface area contributed by atoms with Gasteiger partial charge in [0.15, 0.2) is 24.6 Å². The average molecular weight is 670 g/mol. The van der Waals surface area contributed by atoms with Gasteiger partial charge >= 0.3 is 24.0 Å². The maximum atomic E-state index is 13.4. The van der Waals surface area contributed by atoms with Gasteiger partial charge in [-0.3, -0.25) is 0 Å². The highest BCUT2D eigenvalue weighted by Gasteiger charge is 2.53. The van der Waals surface area contributed by atoms with E-state index in [-0.39, 0.29) is 36.4 Å². The Labute approximate surface area is 282 Å². The molecule has 0 radical (unpaired) electrons. The Morgan fingerprint density at radius 1 is 0.612 bits per heavy atom. The van der Waals surface area contributed by atoms with E-state index >= 15 is 0 Å². The molecule has 0 aliphatic carbocycles. The van der Waals surface area contributed by atoms with Crippen molar-refractivity contribution in [3.63, 3.8) is 0 Å². The van der Waals surface area contributed by atoms with Gasteiger partial charge in [0.25, 0.3) is 0 Å². The van der Waals surface area contributed by atoms with E-state index in [1.807, 2.05) is 30.3 Å². The van der Waals surface area contributed by atoms with Gasteiger partial charge in [0.2, 0.25) is 0 Å². The van der Waals surface area contributed by atoms with Crippen LogP contribution in [0.2, 0.25) is 0 Å². The highest BCUT2D eigenvalue weighted by molar-refractivity contribution is 5.91. The number of nitrogens with one attached hydrogen (secondary N) is 1. The minimum atomic E-state index is -1.51. The molecule has 4 aromatic rings. The second kappa shape index (κ2) is 17.6. The summed E-state index contributed by atoms with van der Waals surface area (Å²) in [5.41, 5.74) is 1.35. The van der Waals surface area contributed by atoms with Crippen LogP contribution in [0.5, 0.6) is 0 Å². The van der Waals surface area contributed by atoms with Crippen molar-refractivity contribution in [2.24, 2.45) is 0 Å². The number of esters is 3. The number of carbonyl (C=O) groups excluding carboxylic acids is 4. The van der Waals surface area contributed by atoms with Crippen molar-refractivity contribution in [3.05, 3.63) is 144 Å². The second-order valence-corrected chi connectivity index (χ2v) is 10.8. The van der Waals surface area contributed by atoms with Crippen LogP contribution >= 0.6 is 0 Å². The molecule has 0 spiro atoms. The van der Waals surface area contributed by atoms with Crippen LogP contribution in [-0.2, 0) is 35.0 Å². The number of aliphatic hydroxyl groups excluding tert-OH is 1. The molecule has 1 amide bonds. The fraction of sp³-hybridized carbons (Fsp3) is 0.243. The zero-order valence-corrected chi connectivity index (χ0v) is 26.3. The molecule has 1 saturated heterocycles. The van der Waals surface area contributed by atoms with Gasteiger partial charge in [-0.05, 0) is 42.0 Å². The number of rotatable bonds is 13. The van der Waals surface area contributed by atoms with Gasteiger partial charge in [0.1, 0.15) is 12.7 Å². The molecule has 1 aliphatic rings. The first-order chi connectivity index (χ1) is 23.9. The summed E-state index contributed by atoms with van der Waals surface area (Å²) in [5.74, 6) is -2.41. The molecule has 2 N–H and O–H groups in total. The zero-order valence-electron chi connectivity index (χ0n) is 26.3. The van der Waals surface area contributed by atoms with Crippen molar-refractivity contribution in [1.29, 1.82) is 0 Å². The first-order valence-corrected chi connectivity index (χ1v) is 15.5. The van der Waals surface area contributed by atoms with Gasteiger partial charge in [-0.25, -0.2) is 19.2 Å². The number of alkyl carbamates (subject to hydrolysis) is 1. The first kappa shape index (κ1) is 34.8. The van der Waals surface area contributed by atoms with Crippen molar-refractivity contribution in [3.8, 4) is 0 Å². The highest BCUT2D eigenvalue weighted by Crippen LogP contribution is 2.31. The topological polar surface area (TPSA) is 156 Å². The summed E-state index contributed by atoms with van der Waals surface area (Å²) in [4.78, 5) is 52.3. The summed E-state index contributed by atoms with van der Waals surface area (Å²) in [6, 6.07) is 33.3. The molecular formula is C37H35NO11. The summed E-state index contributed by atoms with van der Waals surface area (Å²) in [5, 5.41) is 12.9. The molecule has 12 nitrogen and oxygen atoms in total. The number of amides is 1. The number of aliphatic hydroxyl groups is 1. The van der Waals surface area contributed by atoms with Crippen molar-refractivity contribution in [2.45, 2.75) is 37.3 Å². The SMILES string of the molecule is O=C(NCCO[C@H]1O[C@H](CO)[C@@H](OC(=O)c2ccccc2)[C@H](OC(=O)c2ccccc2)[C@@H]1OC(=O)c1ccccc1)OCc1ccccc1. The maximum absolute atomic E-state index is 13.4. The molecule has 0 unspecified atom stereocenters. The van der Waals surface area contributed by atoms with Crippen LogP contribution in [0, 0.1) is 0 Å². The molecular weight excluding hydrogens is 634 g/mol. The summed E-state index contributed by atoms with van der Waals surface area (Å²) >= 11 is 0. The third kappa shape index (κ3) is 9.73. The smallest absolute Gasteiger partial charge is 0.407 e. The van der Waals surface area contributed by atoms with Crippen molar-refractivity contribution < 1.29 is 52.7 Å². The molecule has 254 valence electrons. The molecule has 12 heteroatoms. The monoisotopic (exact) mass is 669 g/mol. The Bertz CT molecular complexity index is 1660. The Kier molecular flexibility index (Phi) is 12.5. The van der Waals surface area contributed by atoms with Crippen LogP contribution in [0.25, 0.3) is 0 Å². The molecule has 0 bridgehead atoms. The third-order valence-electron chi connectivity index (χ3n) is 7.40. The number of benzene rings is 4. The maximum Gasteiger partial charge on any atom is 0.407 e. The molecule has 5 atom stereocenters. The van der Waals surface area contributed by atoms with E-state index in [1.165, 1.54) is 36.4 Å². The van der Waals surface area contributed by atoms with E-state index in [9.17, 15) is 24.3 Å². The third-order valence-corrected chi connectivity index (χ3v) is 7.40. The Balaban J connectivity index is 1.37. The number of hydrogen-bond acceptors (Lipinski definition) is 11. The van der Waals surface area contributed by atoms with Crippen molar-refractivity contribution in [1.82, 2.24) is 5.32 Å².